The number of aromatic nitrogens is 2. The summed E-state index contributed by atoms with van der Waals surface area (Å²) in [4.78, 5) is 29.9. The Hall–Kier alpha value is -3.14. The smallest absolute Gasteiger partial charge is 0.272 e. The molecule has 0 spiro atoms. The average Bonchev–Trinajstić information content (AvgIpc) is 3.46. The zero-order chi connectivity index (χ0) is 34.6. The third-order valence-corrected chi connectivity index (χ3v) is 14.3. The first-order valence-corrected chi connectivity index (χ1v) is 19.2. The fourth-order valence-electron chi connectivity index (χ4n) is 11.5. The summed E-state index contributed by atoms with van der Waals surface area (Å²) in [6.45, 7) is 9.22. The summed E-state index contributed by atoms with van der Waals surface area (Å²) in [5.41, 5.74) is 1.93. The summed E-state index contributed by atoms with van der Waals surface area (Å²) in [7, 11) is 0. The minimum Gasteiger partial charge on any atom is -0.393 e. The van der Waals surface area contributed by atoms with Crippen LogP contribution in [0.5, 0.6) is 0 Å². The van der Waals surface area contributed by atoms with E-state index in [4.69, 9.17) is 4.74 Å². The van der Waals surface area contributed by atoms with E-state index < -0.39 is 5.82 Å². The number of aliphatic hydroxyl groups excluding tert-OH is 1. The number of carbonyl (C=O) groups is 1. The van der Waals surface area contributed by atoms with E-state index in [1.54, 1.807) is 23.1 Å². The lowest BCUT2D eigenvalue weighted by atomic mass is 9.45. The molecule has 1 aliphatic heterocycles. The van der Waals surface area contributed by atoms with Crippen molar-refractivity contribution < 1.29 is 19.0 Å². The molecule has 5 fully saturated rings. The summed E-state index contributed by atoms with van der Waals surface area (Å²) in [5.74, 6) is 2.23. The highest BCUT2D eigenvalue weighted by Gasteiger charge is 2.60. The first kappa shape index (κ1) is 34.0. The van der Waals surface area contributed by atoms with E-state index in [1.165, 1.54) is 44.6 Å². The Morgan fingerprint density at radius 2 is 1.72 bits per heavy atom. The van der Waals surface area contributed by atoms with Crippen molar-refractivity contribution in [2.24, 2.45) is 34.5 Å². The second-order valence-electron chi connectivity index (χ2n) is 16.7. The molecule has 4 saturated carbocycles. The molecule has 0 radical (unpaired) electrons. The molecule has 8 rings (SSSR count). The minimum absolute atomic E-state index is 0.0790. The maximum absolute atomic E-state index is 15.0. The molecule has 1 amide bonds. The van der Waals surface area contributed by atoms with Gasteiger partial charge < -0.3 is 14.7 Å². The minimum atomic E-state index is -0.522. The number of H-pyrrole nitrogens is 1. The van der Waals surface area contributed by atoms with Gasteiger partial charge in [-0.2, -0.15) is 5.10 Å². The number of hydrogen-bond acceptors (Lipinski definition) is 6. The van der Waals surface area contributed by atoms with Gasteiger partial charge in [-0.25, -0.2) is 9.49 Å². The highest BCUT2D eigenvalue weighted by molar-refractivity contribution is 5.95. The fourth-order valence-corrected chi connectivity index (χ4v) is 11.5. The lowest BCUT2D eigenvalue weighted by molar-refractivity contribution is -0.141. The van der Waals surface area contributed by atoms with Gasteiger partial charge in [0, 0.05) is 44.5 Å². The van der Waals surface area contributed by atoms with Crippen LogP contribution in [0.3, 0.4) is 0 Å². The number of benzene rings is 2. The Labute approximate surface area is 294 Å². The van der Waals surface area contributed by atoms with Gasteiger partial charge in [-0.1, -0.05) is 38.1 Å². The van der Waals surface area contributed by atoms with E-state index in [1.807, 2.05) is 18.2 Å². The van der Waals surface area contributed by atoms with Crippen molar-refractivity contribution in [1.82, 2.24) is 20.0 Å². The molecule has 1 aromatic heterocycles. The lowest BCUT2D eigenvalue weighted by Crippen LogP contribution is -2.54. The first-order chi connectivity index (χ1) is 24.1. The first-order valence-electron chi connectivity index (χ1n) is 19.2. The van der Waals surface area contributed by atoms with E-state index in [2.05, 4.69) is 28.9 Å². The number of aromatic amines is 1. The van der Waals surface area contributed by atoms with Crippen molar-refractivity contribution in [3.05, 3.63) is 75.5 Å². The highest BCUT2D eigenvalue weighted by Crippen LogP contribution is 2.66. The quantitative estimate of drug-likeness (QED) is 0.308. The Morgan fingerprint density at radius 3 is 2.54 bits per heavy atom. The maximum atomic E-state index is 15.0. The molecule has 1 unspecified atom stereocenters. The van der Waals surface area contributed by atoms with Crippen LogP contribution in [0, 0.1) is 40.3 Å². The molecule has 5 aliphatic rings. The van der Waals surface area contributed by atoms with Crippen molar-refractivity contribution in [3.63, 3.8) is 0 Å². The van der Waals surface area contributed by atoms with Crippen LogP contribution in [-0.2, 0) is 11.2 Å². The van der Waals surface area contributed by atoms with Gasteiger partial charge in [0.15, 0.2) is 0 Å². The number of fused-ring (bicyclic) bond motifs is 6. The number of carbonyl (C=O) groups excluding carboxylic acids is 1. The third kappa shape index (κ3) is 6.01. The number of hydrogen-bond donors (Lipinski definition) is 2. The molecule has 8 atom stereocenters. The number of aliphatic hydroxyl groups is 1. The molecular formula is C41H53FN4O4. The molecule has 2 heterocycles. The molecular weight excluding hydrogens is 631 g/mol. The number of ether oxygens (including phenoxy) is 1. The van der Waals surface area contributed by atoms with Crippen LogP contribution < -0.4 is 5.56 Å². The monoisotopic (exact) mass is 684 g/mol. The van der Waals surface area contributed by atoms with Gasteiger partial charge in [0.25, 0.3) is 11.5 Å². The standard InChI is InChI=1S/C41H53FN4O4/c1-40-15-13-28(47)25-27(40)8-9-31-33-10-12-37(41(33,2)16-14-34(31)40)50-22-21-45-17-19-46(20-18-45)39(49)32-23-26(7-11-35(32)42)24-36-29-5-3-4-6-30(29)38(48)44-43-36/h3-7,11,23,27-28,31,33-34,37,47H,8-10,12-22,24-25H2,1-2H3,(H,44,48)/t27-,28?,31-,33-,34-,37-,40-,41-/m0/s1. The van der Waals surface area contributed by atoms with E-state index >= 15 is 4.39 Å². The second-order valence-corrected chi connectivity index (χ2v) is 16.7. The lowest BCUT2D eigenvalue weighted by Gasteiger charge is -2.60. The average molecular weight is 685 g/mol. The Kier molecular flexibility index (Phi) is 9.13. The zero-order valence-corrected chi connectivity index (χ0v) is 29.7. The van der Waals surface area contributed by atoms with Gasteiger partial charge >= 0.3 is 0 Å². The third-order valence-electron chi connectivity index (χ3n) is 14.3. The van der Waals surface area contributed by atoms with E-state index in [0.717, 1.165) is 67.6 Å². The summed E-state index contributed by atoms with van der Waals surface area (Å²) in [6.07, 6.45) is 11.4. The molecule has 1 saturated heterocycles. The Balaban J connectivity index is 0.836. The largest absolute Gasteiger partial charge is 0.393 e. The molecule has 50 heavy (non-hydrogen) atoms. The van der Waals surface area contributed by atoms with Gasteiger partial charge in [0.1, 0.15) is 5.82 Å². The molecule has 2 aromatic carbocycles. The second kappa shape index (κ2) is 13.4. The van der Waals surface area contributed by atoms with E-state index in [-0.39, 0.29) is 28.5 Å². The molecule has 9 heteroatoms. The van der Waals surface area contributed by atoms with Gasteiger partial charge in [-0.3, -0.25) is 14.5 Å². The van der Waals surface area contributed by atoms with Crippen LogP contribution >= 0.6 is 0 Å². The molecule has 8 nitrogen and oxygen atoms in total. The van der Waals surface area contributed by atoms with Crippen LogP contribution in [-0.4, -0.2) is 82.5 Å². The van der Waals surface area contributed by atoms with Crippen molar-refractivity contribution in [1.29, 1.82) is 0 Å². The van der Waals surface area contributed by atoms with Gasteiger partial charge in [-0.05, 0) is 116 Å². The van der Waals surface area contributed by atoms with Crippen molar-refractivity contribution in [3.8, 4) is 0 Å². The van der Waals surface area contributed by atoms with Crippen molar-refractivity contribution in [2.75, 3.05) is 39.3 Å². The van der Waals surface area contributed by atoms with Crippen LogP contribution in [0.1, 0.15) is 93.3 Å². The van der Waals surface area contributed by atoms with Crippen LogP contribution in [0.25, 0.3) is 10.8 Å². The predicted octanol–water partition coefficient (Wildman–Crippen LogP) is 6.20. The summed E-state index contributed by atoms with van der Waals surface area (Å²) in [5, 5.41) is 18.5. The van der Waals surface area contributed by atoms with Gasteiger partial charge in [0.05, 0.1) is 35.5 Å². The predicted molar refractivity (Wildman–Crippen MR) is 191 cm³/mol. The van der Waals surface area contributed by atoms with Crippen molar-refractivity contribution in [2.45, 2.75) is 90.3 Å². The zero-order valence-electron chi connectivity index (χ0n) is 29.7. The van der Waals surface area contributed by atoms with Crippen LogP contribution in [0.2, 0.25) is 0 Å². The number of halogens is 1. The normalized spacial score (nSPS) is 34.3. The maximum Gasteiger partial charge on any atom is 0.272 e. The van der Waals surface area contributed by atoms with Crippen LogP contribution in [0.4, 0.5) is 4.39 Å². The molecule has 268 valence electrons. The van der Waals surface area contributed by atoms with Crippen LogP contribution in [0.15, 0.2) is 47.3 Å². The summed E-state index contributed by atoms with van der Waals surface area (Å²) < 4.78 is 21.7. The van der Waals surface area contributed by atoms with E-state index in [9.17, 15) is 14.7 Å². The fraction of sp³-hybridized carbons (Fsp3) is 0.634. The number of rotatable bonds is 7. The van der Waals surface area contributed by atoms with Gasteiger partial charge in [-0.15, -0.1) is 0 Å². The summed E-state index contributed by atoms with van der Waals surface area (Å²) in [6, 6.07) is 12.0. The Morgan fingerprint density at radius 1 is 0.960 bits per heavy atom. The van der Waals surface area contributed by atoms with Crippen molar-refractivity contribution >= 4 is 16.7 Å². The Bertz CT molecular complexity index is 1790. The molecule has 4 aliphatic carbocycles. The highest BCUT2D eigenvalue weighted by atomic mass is 19.1. The topological polar surface area (TPSA) is 98.8 Å². The number of piperazine rings is 1. The summed E-state index contributed by atoms with van der Waals surface area (Å²) >= 11 is 0. The molecule has 3 aromatic rings. The number of amides is 1. The SMILES string of the molecule is C[C@]12CCC(O)C[C@@H]1CC[C@@H]1[C@@H]2CC[C@]2(C)[C@@H](OCCN3CCN(C(=O)c4cc(Cc5n[nH]c(=O)c6ccccc56)ccc4F)CC3)CC[C@@H]12. The molecule has 0 bridgehead atoms. The van der Waals surface area contributed by atoms with E-state index in [0.29, 0.717) is 54.6 Å². The number of nitrogens with one attached hydrogen (secondary N) is 1. The van der Waals surface area contributed by atoms with Gasteiger partial charge in [0.2, 0.25) is 0 Å². The number of nitrogens with zero attached hydrogens (tertiary/aromatic N) is 3. The molecule has 2 N–H and O–H groups in total.